The van der Waals surface area contributed by atoms with E-state index in [9.17, 15) is 4.79 Å². The minimum absolute atomic E-state index is 0.0702. The molecule has 0 unspecified atom stereocenters. The highest BCUT2D eigenvalue weighted by atomic mass is 79.9. The highest BCUT2D eigenvalue weighted by Gasteiger charge is 2.13. The van der Waals surface area contributed by atoms with Crippen LogP contribution in [0.1, 0.15) is 25.2 Å². The molecule has 154 valence electrons. The van der Waals surface area contributed by atoms with Gasteiger partial charge >= 0.3 is 0 Å². The van der Waals surface area contributed by atoms with Gasteiger partial charge in [-0.15, -0.1) is 6.42 Å². The van der Waals surface area contributed by atoms with E-state index < -0.39 is 0 Å². The third kappa shape index (κ3) is 4.66. The van der Waals surface area contributed by atoms with Crippen LogP contribution in [0.15, 0.2) is 44.7 Å². The van der Waals surface area contributed by atoms with Crippen molar-refractivity contribution in [3.63, 3.8) is 0 Å². The first-order valence-corrected chi connectivity index (χ1v) is 10.4. The number of ether oxygens (including phenoxy) is 2. The molecule has 0 aliphatic rings. The number of aryl methyl sites for hydroxylation is 1. The summed E-state index contributed by atoms with van der Waals surface area (Å²) in [6.45, 7) is 4.26. The molecule has 0 saturated carbocycles. The summed E-state index contributed by atoms with van der Waals surface area (Å²) < 4.78 is 13.2. The van der Waals surface area contributed by atoms with Gasteiger partial charge in [-0.25, -0.2) is 4.98 Å². The van der Waals surface area contributed by atoms with Crippen LogP contribution in [0.25, 0.3) is 10.9 Å². The van der Waals surface area contributed by atoms with Crippen molar-refractivity contribution in [2.24, 2.45) is 5.10 Å². The Morgan fingerprint density at radius 2 is 2.10 bits per heavy atom. The normalized spacial score (nSPS) is 11.0. The third-order valence-electron chi connectivity index (χ3n) is 4.15. The van der Waals surface area contributed by atoms with Crippen molar-refractivity contribution >= 4 is 44.6 Å². The van der Waals surface area contributed by atoms with E-state index in [0.29, 0.717) is 51.8 Å². The lowest BCUT2D eigenvalue weighted by molar-refractivity contribution is 0.299. The molecule has 0 aliphatic carbocycles. The van der Waals surface area contributed by atoms with E-state index in [-0.39, 0.29) is 12.2 Å². The fraction of sp³-hybridized carbons (Fsp3) is 0.227. The smallest absolute Gasteiger partial charge is 0.282 e. The Morgan fingerprint density at radius 3 is 2.80 bits per heavy atom. The molecule has 3 rings (SSSR count). The Balaban J connectivity index is 2.07. The molecule has 0 aliphatic heterocycles. The molecule has 0 saturated heterocycles. The maximum atomic E-state index is 13.0. The zero-order chi connectivity index (χ0) is 21.7. The molecule has 30 heavy (non-hydrogen) atoms. The number of terminal acetylenes is 1. The summed E-state index contributed by atoms with van der Waals surface area (Å²) in [4.78, 5) is 17.5. The number of rotatable bonds is 7. The highest BCUT2D eigenvalue weighted by Crippen LogP contribution is 2.36. The molecule has 2 aromatic carbocycles. The van der Waals surface area contributed by atoms with E-state index in [0.717, 1.165) is 4.47 Å². The molecular formula is C22H19BrClN3O3. The topological polar surface area (TPSA) is 65.7 Å². The molecule has 1 heterocycles. The van der Waals surface area contributed by atoms with Gasteiger partial charge < -0.3 is 9.47 Å². The molecule has 0 N–H and O–H groups in total. The summed E-state index contributed by atoms with van der Waals surface area (Å²) >= 11 is 9.74. The van der Waals surface area contributed by atoms with Crippen LogP contribution < -0.4 is 15.0 Å². The van der Waals surface area contributed by atoms with Crippen LogP contribution in [0.3, 0.4) is 0 Å². The van der Waals surface area contributed by atoms with Crippen molar-refractivity contribution in [3.8, 4) is 23.8 Å². The lowest BCUT2D eigenvalue weighted by atomic mass is 10.2. The summed E-state index contributed by atoms with van der Waals surface area (Å²) in [7, 11) is 0. The number of fused-ring (bicyclic) bond motifs is 1. The first kappa shape index (κ1) is 21.9. The molecule has 6 nitrogen and oxygen atoms in total. The SMILES string of the molecule is C#CCOc1c(Cl)cc(C=Nn2c(CC)nc3ccc(Br)cc3c2=O)cc1OCC. The summed E-state index contributed by atoms with van der Waals surface area (Å²) in [5.41, 5.74) is 1.02. The van der Waals surface area contributed by atoms with Gasteiger partial charge in [-0.2, -0.15) is 9.78 Å². The maximum Gasteiger partial charge on any atom is 0.282 e. The summed E-state index contributed by atoms with van der Waals surface area (Å²) in [6.07, 6.45) is 7.34. The van der Waals surface area contributed by atoms with Gasteiger partial charge in [0, 0.05) is 10.9 Å². The minimum Gasteiger partial charge on any atom is -0.490 e. The van der Waals surface area contributed by atoms with Crippen molar-refractivity contribution in [3.05, 3.63) is 61.6 Å². The summed E-state index contributed by atoms with van der Waals surface area (Å²) in [6, 6.07) is 8.78. The first-order chi connectivity index (χ1) is 14.5. The quantitative estimate of drug-likeness (QED) is 0.358. The molecular weight excluding hydrogens is 470 g/mol. The zero-order valence-corrected chi connectivity index (χ0v) is 18.8. The zero-order valence-electron chi connectivity index (χ0n) is 16.5. The number of benzene rings is 2. The van der Waals surface area contributed by atoms with Gasteiger partial charge in [0.25, 0.3) is 5.56 Å². The highest BCUT2D eigenvalue weighted by molar-refractivity contribution is 9.10. The van der Waals surface area contributed by atoms with Crippen LogP contribution in [0, 0.1) is 12.3 Å². The van der Waals surface area contributed by atoms with Crippen LogP contribution in [-0.4, -0.2) is 29.1 Å². The Hall–Kier alpha value is -2.82. The maximum absolute atomic E-state index is 13.0. The summed E-state index contributed by atoms with van der Waals surface area (Å²) in [5.74, 6) is 3.77. The van der Waals surface area contributed by atoms with Gasteiger partial charge in [0.15, 0.2) is 11.5 Å². The van der Waals surface area contributed by atoms with Gasteiger partial charge in [0.2, 0.25) is 0 Å². The molecule has 3 aromatic rings. The van der Waals surface area contributed by atoms with E-state index in [4.69, 9.17) is 27.5 Å². The monoisotopic (exact) mass is 487 g/mol. The molecule has 0 radical (unpaired) electrons. The van der Waals surface area contributed by atoms with Crippen molar-refractivity contribution in [2.75, 3.05) is 13.2 Å². The molecule has 8 heteroatoms. The van der Waals surface area contributed by atoms with Crippen LogP contribution in [0.2, 0.25) is 5.02 Å². The van der Waals surface area contributed by atoms with Crippen molar-refractivity contribution in [1.82, 2.24) is 9.66 Å². The van der Waals surface area contributed by atoms with Crippen molar-refractivity contribution < 1.29 is 9.47 Å². The van der Waals surface area contributed by atoms with Gasteiger partial charge in [0.1, 0.15) is 12.4 Å². The summed E-state index contributed by atoms with van der Waals surface area (Å²) in [5, 5.41) is 5.19. The van der Waals surface area contributed by atoms with E-state index in [1.807, 2.05) is 19.9 Å². The molecule has 0 bridgehead atoms. The molecule has 0 atom stereocenters. The average molecular weight is 489 g/mol. The Kier molecular flexibility index (Phi) is 7.14. The predicted molar refractivity (Wildman–Crippen MR) is 123 cm³/mol. The van der Waals surface area contributed by atoms with Crippen LogP contribution in [0.5, 0.6) is 11.5 Å². The average Bonchev–Trinajstić information content (AvgIpc) is 2.73. The van der Waals surface area contributed by atoms with Crippen LogP contribution >= 0.6 is 27.5 Å². The molecule has 0 fully saturated rings. The Morgan fingerprint density at radius 1 is 1.30 bits per heavy atom. The number of nitrogens with zero attached hydrogens (tertiary/aromatic N) is 3. The first-order valence-electron chi connectivity index (χ1n) is 9.26. The predicted octanol–water partition coefficient (Wildman–Crippen LogP) is 4.67. The van der Waals surface area contributed by atoms with Crippen LogP contribution in [0.4, 0.5) is 0 Å². The standard InChI is InChI=1S/C22H19BrClN3O3/c1-4-9-30-21-17(24)10-14(11-19(21)29-6-3)13-25-27-20(5-2)26-18-8-7-15(23)12-16(18)22(27)28/h1,7-8,10-13H,5-6,9H2,2-3H3. The number of hydrogen-bond donors (Lipinski definition) is 0. The van der Waals surface area contributed by atoms with E-state index in [2.05, 4.69) is 31.9 Å². The van der Waals surface area contributed by atoms with E-state index in [1.165, 1.54) is 10.9 Å². The number of halogens is 2. The second kappa shape index (κ2) is 9.79. The molecule has 0 spiro atoms. The largest absolute Gasteiger partial charge is 0.490 e. The second-order valence-electron chi connectivity index (χ2n) is 6.16. The Bertz CT molecular complexity index is 1210. The molecule has 1 aromatic heterocycles. The minimum atomic E-state index is -0.250. The second-order valence-corrected chi connectivity index (χ2v) is 7.48. The van der Waals surface area contributed by atoms with Gasteiger partial charge in [0.05, 0.1) is 28.7 Å². The fourth-order valence-corrected chi connectivity index (χ4v) is 3.48. The van der Waals surface area contributed by atoms with Crippen molar-refractivity contribution in [1.29, 1.82) is 0 Å². The van der Waals surface area contributed by atoms with E-state index in [1.54, 1.807) is 24.3 Å². The van der Waals surface area contributed by atoms with Gasteiger partial charge in [-0.05, 0) is 42.8 Å². The lowest BCUT2D eigenvalue weighted by Gasteiger charge is -2.13. The number of hydrogen-bond acceptors (Lipinski definition) is 5. The van der Waals surface area contributed by atoms with Gasteiger partial charge in [-0.1, -0.05) is 40.4 Å². The Labute approximate surface area is 187 Å². The number of aromatic nitrogens is 2. The fourth-order valence-electron chi connectivity index (χ4n) is 2.85. The van der Waals surface area contributed by atoms with Crippen LogP contribution in [-0.2, 0) is 6.42 Å². The third-order valence-corrected chi connectivity index (χ3v) is 4.92. The van der Waals surface area contributed by atoms with E-state index >= 15 is 0 Å². The lowest BCUT2D eigenvalue weighted by Crippen LogP contribution is -2.22. The van der Waals surface area contributed by atoms with Gasteiger partial charge in [-0.3, -0.25) is 4.79 Å². The van der Waals surface area contributed by atoms with Crippen molar-refractivity contribution in [2.45, 2.75) is 20.3 Å². The molecule has 0 amide bonds.